The maximum atomic E-state index is 13.3. The SMILES string of the molecule is CCCCCCCCN(CCCCCCCC)CC1CC(c2ccc(CO)cc2)OC(c2ccc(NC(=O)NC34CC5CC(CC(C5)C3)C4)cc2)O1. The molecule has 7 rings (SSSR count). The third-order valence-corrected chi connectivity index (χ3v) is 12.6. The molecule has 3 unspecified atom stereocenters. The molecule has 4 aliphatic carbocycles. The van der Waals surface area contributed by atoms with Crippen LogP contribution in [-0.2, 0) is 16.1 Å². The summed E-state index contributed by atoms with van der Waals surface area (Å²) in [7, 11) is 0. The van der Waals surface area contributed by atoms with Crippen molar-refractivity contribution in [2.75, 3.05) is 25.0 Å². The van der Waals surface area contributed by atoms with Crippen LogP contribution in [-0.4, -0.2) is 47.3 Å². The van der Waals surface area contributed by atoms with Crippen LogP contribution in [0.5, 0.6) is 0 Å². The van der Waals surface area contributed by atoms with Gasteiger partial charge >= 0.3 is 6.03 Å². The number of unbranched alkanes of at least 4 members (excludes halogenated alkanes) is 10. The molecule has 1 heterocycles. The molecule has 0 radical (unpaired) electrons. The van der Waals surface area contributed by atoms with E-state index in [2.05, 4.69) is 41.5 Å². The molecule has 4 saturated carbocycles. The Labute approximate surface area is 315 Å². The first-order valence-electron chi connectivity index (χ1n) is 21.4. The van der Waals surface area contributed by atoms with E-state index < -0.39 is 6.29 Å². The summed E-state index contributed by atoms with van der Waals surface area (Å²) in [5, 5.41) is 16.2. The number of urea groups is 1. The van der Waals surface area contributed by atoms with Crippen molar-refractivity contribution in [3.05, 3.63) is 65.2 Å². The van der Waals surface area contributed by atoms with E-state index in [0.29, 0.717) is 0 Å². The van der Waals surface area contributed by atoms with Crippen LogP contribution >= 0.6 is 0 Å². The lowest BCUT2D eigenvalue weighted by Crippen LogP contribution is -2.60. The fourth-order valence-electron chi connectivity index (χ4n) is 10.2. The molecular formula is C45H69N3O4. The minimum Gasteiger partial charge on any atom is -0.392 e. The van der Waals surface area contributed by atoms with Gasteiger partial charge in [-0.1, -0.05) is 114 Å². The van der Waals surface area contributed by atoms with E-state index in [1.165, 1.54) is 96.3 Å². The molecule has 0 aromatic heterocycles. The summed E-state index contributed by atoms with van der Waals surface area (Å²) >= 11 is 0. The summed E-state index contributed by atoms with van der Waals surface area (Å²) in [6.07, 6.45) is 23.4. The van der Waals surface area contributed by atoms with E-state index in [1.807, 2.05) is 36.4 Å². The van der Waals surface area contributed by atoms with Gasteiger partial charge < -0.3 is 30.1 Å². The second-order valence-electron chi connectivity index (χ2n) is 17.1. The van der Waals surface area contributed by atoms with Crippen molar-refractivity contribution in [1.82, 2.24) is 10.2 Å². The molecule has 7 heteroatoms. The molecule has 5 fully saturated rings. The maximum Gasteiger partial charge on any atom is 0.319 e. The van der Waals surface area contributed by atoms with Gasteiger partial charge in [0.05, 0.1) is 18.8 Å². The molecule has 2 aromatic rings. The Balaban J connectivity index is 1.09. The number of hydrogen-bond acceptors (Lipinski definition) is 5. The predicted octanol–water partition coefficient (Wildman–Crippen LogP) is 10.8. The molecule has 2 amide bonds. The number of rotatable bonds is 21. The molecule has 1 saturated heterocycles. The van der Waals surface area contributed by atoms with Gasteiger partial charge in [0.15, 0.2) is 6.29 Å². The number of aliphatic hydroxyl groups excluding tert-OH is 1. The van der Waals surface area contributed by atoms with Crippen molar-refractivity contribution in [3.63, 3.8) is 0 Å². The first kappa shape index (κ1) is 39.2. The molecule has 288 valence electrons. The highest BCUT2D eigenvalue weighted by molar-refractivity contribution is 5.89. The number of ether oxygens (including phenoxy) is 2. The van der Waals surface area contributed by atoms with Crippen molar-refractivity contribution in [2.24, 2.45) is 17.8 Å². The van der Waals surface area contributed by atoms with Crippen molar-refractivity contribution in [2.45, 2.75) is 166 Å². The number of anilines is 1. The fraction of sp³-hybridized carbons (Fsp3) is 0.711. The van der Waals surface area contributed by atoms with E-state index in [1.54, 1.807) is 0 Å². The Kier molecular flexibility index (Phi) is 14.9. The van der Waals surface area contributed by atoms with Gasteiger partial charge in [0.1, 0.15) is 0 Å². The molecule has 2 aromatic carbocycles. The molecule has 1 aliphatic heterocycles. The van der Waals surface area contributed by atoms with E-state index >= 15 is 0 Å². The van der Waals surface area contributed by atoms with Crippen LogP contribution in [0.1, 0.15) is 165 Å². The number of aliphatic hydroxyl groups is 1. The molecule has 0 spiro atoms. The summed E-state index contributed by atoms with van der Waals surface area (Å²) in [6, 6.07) is 16.2. The molecule has 3 N–H and O–H groups in total. The lowest BCUT2D eigenvalue weighted by atomic mass is 9.53. The number of benzene rings is 2. The monoisotopic (exact) mass is 716 g/mol. The second-order valence-corrected chi connectivity index (χ2v) is 17.1. The molecule has 4 bridgehead atoms. The Morgan fingerprint density at radius 2 is 1.25 bits per heavy atom. The number of carbonyl (C=O) groups is 1. The molecule has 3 atom stereocenters. The minimum absolute atomic E-state index is 0.0139. The van der Waals surface area contributed by atoms with Crippen LogP contribution in [0.3, 0.4) is 0 Å². The largest absolute Gasteiger partial charge is 0.392 e. The predicted molar refractivity (Wildman–Crippen MR) is 211 cm³/mol. The Morgan fingerprint density at radius 3 is 1.81 bits per heavy atom. The first-order valence-corrected chi connectivity index (χ1v) is 21.4. The average molecular weight is 716 g/mol. The fourth-order valence-corrected chi connectivity index (χ4v) is 10.2. The summed E-state index contributed by atoms with van der Waals surface area (Å²) < 4.78 is 13.5. The van der Waals surface area contributed by atoms with Gasteiger partial charge in [0, 0.05) is 29.8 Å². The number of nitrogens with one attached hydrogen (secondary N) is 2. The molecule has 5 aliphatic rings. The van der Waals surface area contributed by atoms with Crippen molar-refractivity contribution >= 4 is 11.7 Å². The van der Waals surface area contributed by atoms with Crippen molar-refractivity contribution < 1.29 is 19.4 Å². The third-order valence-electron chi connectivity index (χ3n) is 12.6. The van der Waals surface area contributed by atoms with E-state index in [9.17, 15) is 9.90 Å². The van der Waals surface area contributed by atoms with Crippen LogP contribution in [0.25, 0.3) is 0 Å². The first-order chi connectivity index (χ1) is 25.4. The van der Waals surface area contributed by atoms with Gasteiger partial charge in [-0.25, -0.2) is 4.79 Å². The topological polar surface area (TPSA) is 83.1 Å². The second kappa shape index (κ2) is 19.8. The van der Waals surface area contributed by atoms with Crippen molar-refractivity contribution in [1.29, 1.82) is 0 Å². The standard InChI is InChI=1S/C45H69N3O4/c1-3-5-7-9-11-13-23-48(24-14-12-10-8-6-4-2)32-41-28-42(38-17-15-34(33-49)16-18-38)52-43(51-41)39-19-21-40(22-20-39)46-44(50)47-45-29-35-25-36(30-45)27-37(26-35)31-45/h15-22,35-37,41-43,49H,3-14,23-33H2,1-2H3,(H2,46,47,50). The Hall–Kier alpha value is -2.45. The highest BCUT2D eigenvalue weighted by Crippen LogP contribution is 2.55. The van der Waals surface area contributed by atoms with Crippen LogP contribution in [0.15, 0.2) is 48.5 Å². The summed E-state index contributed by atoms with van der Waals surface area (Å²) in [4.78, 5) is 15.9. The summed E-state index contributed by atoms with van der Waals surface area (Å²) in [6.45, 7) is 7.74. The molecule has 52 heavy (non-hydrogen) atoms. The smallest absolute Gasteiger partial charge is 0.319 e. The summed E-state index contributed by atoms with van der Waals surface area (Å²) in [5.74, 6) is 2.37. The molecule has 7 nitrogen and oxygen atoms in total. The zero-order chi connectivity index (χ0) is 36.2. The lowest BCUT2D eigenvalue weighted by Gasteiger charge is -2.56. The highest BCUT2D eigenvalue weighted by Gasteiger charge is 2.51. The van der Waals surface area contributed by atoms with Crippen LogP contribution in [0.4, 0.5) is 10.5 Å². The highest BCUT2D eigenvalue weighted by atomic mass is 16.7. The van der Waals surface area contributed by atoms with Gasteiger partial charge in [-0.15, -0.1) is 0 Å². The van der Waals surface area contributed by atoms with Crippen LogP contribution in [0.2, 0.25) is 0 Å². The van der Waals surface area contributed by atoms with Crippen LogP contribution in [0, 0.1) is 17.8 Å². The van der Waals surface area contributed by atoms with E-state index in [4.69, 9.17) is 9.47 Å². The molecular weight excluding hydrogens is 647 g/mol. The Morgan fingerprint density at radius 1 is 0.712 bits per heavy atom. The zero-order valence-corrected chi connectivity index (χ0v) is 32.5. The van der Waals surface area contributed by atoms with Crippen molar-refractivity contribution in [3.8, 4) is 0 Å². The minimum atomic E-state index is -0.499. The van der Waals surface area contributed by atoms with Gasteiger partial charge in [0.25, 0.3) is 0 Å². The average Bonchev–Trinajstić information content (AvgIpc) is 3.13. The normalized spacial score (nSPS) is 28.0. The zero-order valence-electron chi connectivity index (χ0n) is 32.5. The number of hydrogen-bond donors (Lipinski definition) is 3. The Bertz CT molecular complexity index is 1300. The van der Waals surface area contributed by atoms with Gasteiger partial charge in [0.2, 0.25) is 0 Å². The quantitative estimate of drug-likeness (QED) is 0.112. The van der Waals surface area contributed by atoms with E-state index in [0.717, 1.165) is 85.4 Å². The number of nitrogens with zero attached hydrogens (tertiary/aromatic N) is 1. The van der Waals surface area contributed by atoms with Crippen LogP contribution < -0.4 is 10.6 Å². The number of amides is 2. The van der Waals surface area contributed by atoms with Gasteiger partial charge in [-0.05, 0) is 105 Å². The van der Waals surface area contributed by atoms with Gasteiger partial charge in [-0.3, -0.25) is 0 Å². The van der Waals surface area contributed by atoms with Gasteiger partial charge in [-0.2, -0.15) is 0 Å². The number of carbonyl (C=O) groups excluding carboxylic acids is 1. The lowest BCUT2D eigenvalue weighted by molar-refractivity contribution is -0.253. The maximum absolute atomic E-state index is 13.3. The summed E-state index contributed by atoms with van der Waals surface area (Å²) in [5.41, 5.74) is 3.77. The third kappa shape index (κ3) is 11.3. The van der Waals surface area contributed by atoms with E-state index in [-0.39, 0.29) is 30.4 Å².